The highest BCUT2D eigenvalue weighted by atomic mass is 16.5. The molecule has 1 aliphatic rings. The average Bonchev–Trinajstić information content (AvgIpc) is 3.26. The van der Waals surface area contributed by atoms with E-state index in [-0.39, 0.29) is 23.6 Å². The smallest absolute Gasteiger partial charge is 0.337 e. The first-order valence-corrected chi connectivity index (χ1v) is 11.3. The third-order valence-electron chi connectivity index (χ3n) is 5.61. The number of hydrogen-bond acceptors (Lipinski definition) is 6. The number of carbonyl (C=O) groups excluding carboxylic acids is 1. The molecule has 2 aromatic rings. The van der Waals surface area contributed by atoms with Crippen molar-refractivity contribution in [1.82, 2.24) is 4.98 Å². The van der Waals surface area contributed by atoms with E-state index in [0.29, 0.717) is 29.6 Å². The first-order chi connectivity index (χ1) is 15.8. The molecule has 0 spiro atoms. The maximum Gasteiger partial charge on any atom is 0.337 e. The van der Waals surface area contributed by atoms with Gasteiger partial charge in [-0.25, -0.2) is 9.78 Å². The van der Waals surface area contributed by atoms with Gasteiger partial charge in [0.25, 0.3) is 5.91 Å². The lowest BCUT2D eigenvalue weighted by Crippen LogP contribution is -2.20. The highest BCUT2D eigenvalue weighted by molar-refractivity contribution is 6.04. The van der Waals surface area contributed by atoms with E-state index in [1.807, 2.05) is 13.8 Å². The summed E-state index contributed by atoms with van der Waals surface area (Å²) >= 11 is 0. The summed E-state index contributed by atoms with van der Waals surface area (Å²) in [4.78, 5) is 27.9. The minimum Gasteiger partial charge on any atom is -0.491 e. The number of anilines is 1. The van der Waals surface area contributed by atoms with Crippen molar-refractivity contribution >= 4 is 17.7 Å². The third-order valence-corrected chi connectivity index (χ3v) is 5.61. The standard InChI is InChI=1S/C25H32N2O6/c1-16(10-18-6-4-5-7-18)32-21-11-20(12-22(13-21)33-17(2)15-31-3)24(28)27-23-9-8-19(14-26-23)25(29)30/h8-9,11-14,16-18H,4-7,10,15H2,1-3H3,(H,29,30)(H,26,27,28)/t16-,17-/m0/s1. The van der Waals surface area contributed by atoms with Crippen LogP contribution in [0.1, 0.15) is 66.7 Å². The number of ether oxygens (including phenoxy) is 3. The van der Waals surface area contributed by atoms with Crippen LogP contribution in [0.2, 0.25) is 0 Å². The van der Waals surface area contributed by atoms with Crippen molar-refractivity contribution in [2.75, 3.05) is 19.0 Å². The summed E-state index contributed by atoms with van der Waals surface area (Å²) in [7, 11) is 1.60. The Bertz CT molecular complexity index is 940. The molecule has 3 rings (SSSR count). The molecule has 8 nitrogen and oxygen atoms in total. The fourth-order valence-electron chi connectivity index (χ4n) is 4.12. The van der Waals surface area contributed by atoms with E-state index in [1.165, 1.54) is 44.0 Å². The number of amides is 1. The fourth-order valence-corrected chi connectivity index (χ4v) is 4.12. The number of carboxylic acids is 1. The maximum absolute atomic E-state index is 12.9. The van der Waals surface area contributed by atoms with E-state index in [1.54, 1.807) is 25.3 Å². The molecule has 1 aromatic carbocycles. The van der Waals surface area contributed by atoms with Crippen molar-refractivity contribution in [3.63, 3.8) is 0 Å². The molecule has 1 heterocycles. The Balaban J connectivity index is 1.76. The Morgan fingerprint density at radius 3 is 2.30 bits per heavy atom. The van der Waals surface area contributed by atoms with Gasteiger partial charge in [-0.2, -0.15) is 0 Å². The van der Waals surface area contributed by atoms with Crippen LogP contribution in [-0.4, -0.2) is 47.9 Å². The lowest BCUT2D eigenvalue weighted by Gasteiger charge is -2.20. The number of pyridine rings is 1. The summed E-state index contributed by atoms with van der Waals surface area (Å²) in [6.07, 6.45) is 7.03. The van der Waals surface area contributed by atoms with Gasteiger partial charge in [0.15, 0.2) is 0 Å². The molecular formula is C25H32N2O6. The fraction of sp³-hybridized carbons (Fsp3) is 0.480. The molecule has 2 N–H and O–H groups in total. The molecule has 0 unspecified atom stereocenters. The number of carboxylic acid groups (broad SMARTS) is 1. The minimum absolute atomic E-state index is 0.0147. The van der Waals surface area contributed by atoms with Crippen LogP contribution in [0.5, 0.6) is 11.5 Å². The van der Waals surface area contributed by atoms with E-state index in [9.17, 15) is 9.59 Å². The number of nitrogens with zero attached hydrogens (tertiary/aromatic N) is 1. The molecule has 1 fully saturated rings. The number of hydrogen-bond donors (Lipinski definition) is 2. The van der Waals surface area contributed by atoms with Crippen LogP contribution in [0.4, 0.5) is 5.82 Å². The number of methoxy groups -OCH3 is 1. The van der Waals surface area contributed by atoms with Crippen molar-refractivity contribution in [1.29, 1.82) is 0 Å². The van der Waals surface area contributed by atoms with Crippen molar-refractivity contribution in [3.05, 3.63) is 47.7 Å². The molecule has 0 saturated heterocycles. The number of nitrogens with one attached hydrogen (secondary N) is 1. The SMILES string of the molecule is COC[C@H](C)Oc1cc(O[C@@H](C)CC2CCCC2)cc(C(=O)Nc2ccc(C(=O)O)cn2)c1. The van der Waals surface area contributed by atoms with Gasteiger partial charge < -0.3 is 24.6 Å². The Kier molecular flexibility index (Phi) is 8.65. The van der Waals surface area contributed by atoms with E-state index < -0.39 is 11.9 Å². The second-order valence-electron chi connectivity index (χ2n) is 8.58. The summed E-state index contributed by atoms with van der Waals surface area (Å²) in [5.74, 6) is 0.518. The summed E-state index contributed by atoms with van der Waals surface area (Å²) in [5, 5.41) is 11.7. The molecule has 0 bridgehead atoms. The van der Waals surface area contributed by atoms with E-state index in [4.69, 9.17) is 19.3 Å². The largest absolute Gasteiger partial charge is 0.491 e. The van der Waals surface area contributed by atoms with Gasteiger partial charge in [-0.1, -0.05) is 25.7 Å². The molecule has 1 aliphatic carbocycles. The highest BCUT2D eigenvalue weighted by Gasteiger charge is 2.20. The van der Waals surface area contributed by atoms with Gasteiger partial charge in [-0.15, -0.1) is 0 Å². The van der Waals surface area contributed by atoms with Crippen LogP contribution >= 0.6 is 0 Å². The quantitative estimate of drug-likeness (QED) is 0.500. The summed E-state index contributed by atoms with van der Waals surface area (Å²) in [6, 6.07) is 7.94. The molecule has 1 saturated carbocycles. The number of rotatable bonds is 11. The van der Waals surface area contributed by atoms with Gasteiger partial charge in [0.2, 0.25) is 0 Å². The minimum atomic E-state index is -1.08. The zero-order valence-corrected chi connectivity index (χ0v) is 19.4. The molecule has 0 aliphatic heterocycles. The van der Waals surface area contributed by atoms with Gasteiger partial charge in [0.05, 0.1) is 18.3 Å². The highest BCUT2D eigenvalue weighted by Crippen LogP contribution is 2.31. The van der Waals surface area contributed by atoms with Crippen LogP contribution < -0.4 is 14.8 Å². The molecule has 1 amide bonds. The first-order valence-electron chi connectivity index (χ1n) is 11.3. The number of aromatic carboxylic acids is 1. The second-order valence-corrected chi connectivity index (χ2v) is 8.58. The molecule has 178 valence electrons. The lowest BCUT2D eigenvalue weighted by atomic mass is 10.0. The number of carbonyl (C=O) groups is 2. The summed E-state index contributed by atoms with van der Waals surface area (Å²) in [6.45, 7) is 4.34. The zero-order valence-electron chi connectivity index (χ0n) is 19.4. The van der Waals surface area contributed by atoms with Gasteiger partial charge in [0.1, 0.15) is 23.4 Å². The van der Waals surface area contributed by atoms with Gasteiger partial charge in [0, 0.05) is 24.9 Å². The van der Waals surface area contributed by atoms with Gasteiger partial charge in [-0.05, 0) is 50.5 Å². The molecule has 1 aromatic heterocycles. The Morgan fingerprint density at radius 2 is 1.73 bits per heavy atom. The summed E-state index contributed by atoms with van der Waals surface area (Å²) < 4.78 is 17.2. The Morgan fingerprint density at radius 1 is 1.06 bits per heavy atom. The monoisotopic (exact) mass is 456 g/mol. The first kappa shape index (κ1) is 24.5. The Labute approximate surface area is 194 Å². The van der Waals surface area contributed by atoms with Crippen molar-refractivity contribution in [2.45, 2.75) is 58.2 Å². The average molecular weight is 457 g/mol. The molecular weight excluding hydrogens is 424 g/mol. The molecule has 0 radical (unpaired) electrons. The van der Waals surface area contributed by atoms with Crippen LogP contribution in [0.15, 0.2) is 36.5 Å². The van der Waals surface area contributed by atoms with Crippen LogP contribution in [0.3, 0.4) is 0 Å². The van der Waals surface area contributed by atoms with Crippen LogP contribution in [0, 0.1) is 5.92 Å². The van der Waals surface area contributed by atoms with Crippen molar-refractivity contribution in [3.8, 4) is 11.5 Å². The molecule has 33 heavy (non-hydrogen) atoms. The van der Waals surface area contributed by atoms with Crippen LogP contribution in [-0.2, 0) is 4.74 Å². The topological polar surface area (TPSA) is 107 Å². The van der Waals surface area contributed by atoms with Gasteiger partial charge >= 0.3 is 5.97 Å². The predicted octanol–water partition coefficient (Wildman–Crippen LogP) is 4.79. The van der Waals surface area contributed by atoms with E-state index >= 15 is 0 Å². The summed E-state index contributed by atoms with van der Waals surface area (Å²) in [5.41, 5.74) is 0.395. The Hall–Kier alpha value is -3.13. The predicted molar refractivity (Wildman–Crippen MR) is 124 cm³/mol. The van der Waals surface area contributed by atoms with Crippen molar-refractivity contribution in [2.24, 2.45) is 5.92 Å². The zero-order chi connectivity index (χ0) is 23.8. The van der Waals surface area contributed by atoms with Crippen LogP contribution in [0.25, 0.3) is 0 Å². The van der Waals surface area contributed by atoms with E-state index in [2.05, 4.69) is 10.3 Å². The lowest BCUT2D eigenvalue weighted by molar-refractivity contribution is 0.0696. The molecule has 2 atom stereocenters. The molecule has 8 heteroatoms. The number of benzene rings is 1. The van der Waals surface area contributed by atoms with Gasteiger partial charge in [-0.3, -0.25) is 4.79 Å². The normalized spacial score (nSPS) is 15.6. The van der Waals surface area contributed by atoms with Crippen molar-refractivity contribution < 1.29 is 28.9 Å². The number of aromatic nitrogens is 1. The van der Waals surface area contributed by atoms with E-state index in [0.717, 1.165) is 6.42 Å². The third kappa shape index (κ3) is 7.46. The second kappa shape index (κ2) is 11.7. The maximum atomic E-state index is 12.9.